The molecule has 0 aliphatic carbocycles. The molecule has 0 unspecified atom stereocenters. The number of aromatic carboxylic acids is 1. The largest absolute Gasteiger partial charge is 0.478 e. The van der Waals surface area contributed by atoms with Gasteiger partial charge in [-0.3, -0.25) is 0 Å². The monoisotopic (exact) mass is 278 g/mol. The molecular weight excluding hydrogens is 256 g/mol. The molecule has 2 heterocycles. The van der Waals surface area contributed by atoms with E-state index in [1.807, 2.05) is 0 Å². The third-order valence-electron chi connectivity index (χ3n) is 3.67. The lowest BCUT2D eigenvalue weighted by molar-refractivity contribution is 0.0695. The van der Waals surface area contributed by atoms with Crippen LogP contribution >= 0.6 is 0 Å². The van der Waals surface area contributed by atoms with E-state index in [0.717, 1.165) is 32.5 Å². The summed E-state index contributed by atoms with van der Waals surface area (Å²) in [6.45, 7) is 7.25. The zero-order valence-electron chi connectivity index (χ0n) is 12.1. The molecule has 20 heavy (non-hydrogen) atoms. The van der Waals surface area contributed by atoms with Crippen molar-refractivity contribution < 1.29 is 9.90 Å². The number of rotatable bonds is 5. The topological polar surface area (TPSA) is 78.4 Å². The Hall–Kier alpha value is -1.69. The van der Waals surface area contributed by atoms with E-state index < -0.39 is 5.97 Å². The van der Waals surface area contributed by atoms with Gasteiger partial charge in [-0.2, -0.15) is 0 Å². The van der Waals surface area contributed by atoms with E-state index in [9.17, 15) is 4.79 Å². The number of aromatic nitrogens is 2. The Morgan fingerprint density at radius 2 is 2.20 bits per heavy atom. The smallest absolute Gasteiger partial charge is 0.339 e. The highest BCUT2D eigenvalue weighted by Crippen LogP contribution is 2.15. The standard InChI is InChI=1S/C14H22N4O2/c1-3-6-18-7-4-11(5-8-18)17-14-15-9-12(13(19)20)10(2)16-14/h9,11H,3-8H2,1-2H3,(H,19,20)(H,15,16,17). The summed E-state index contributed by atoms with van der Waals surface area (Å²) in [6, 6.07) is 0.373. The van der Waals surface area contributed by atoms with Gasteiger partial charge >= 0.3 is 5.97 Å². The van der Waals surface area contributed by atoms with Crippen molar-refractivity contribution in [2.24, 2.45) is 0 Å². The summed E-state index contributed by atoms with van der Waals surface area (Å²) in [5.41, 5.74) is 0.659. The molecule has 2 N–H and O–H groups in total. The van der Waals surface area contributed by atoms with Crippen LogP contribution < -0.4 is 5.32 Å². The zero-order chi connectivity index (χ0) is 14.5. The molecule has 0 aromatic carbocycles. The average molecular weight is 278 g/mol. The Morgan fingerprint density at radius 3 is 2.75 bits per heavy atom. The predicted molar refractivity (Wildman–Crippen MR) is 77.1 cm³/mol. The van der Waals surface area contributed by atoms with Crippen LogP contribution in [0.1, 0.15) is 42.2 Å². The van der Waals surface area contributed by atoms with Gasteiger partial charge in [0.1, 0.15) is 0 Å². The van der Waals surface area contributed by atoms with E-state index >= 15 is 0 Å². The molecule has 0 spiro atoms. The number of carbonyl (C=O) groups is 1. The van der Waals surface area contributed by atoms with Crippen LogP contribution in [0.25, 0.3) is 0 Å². The molecule has 0 bridgehead atoms. The lowest BCUT2D eigenvalue weighted by Gasteiger charge is -2.32. The SMILES string of the molecule is CCCN1CCC(Nc2ncc(C(=O)O)c(C)n2)CC1. The fraction of sp³-hybridized carbons (Fsp3) is 0.643. The molecule has 1 aliphatic rings. The molecule has 6 nitrogen and oxygen atoms in total. The number of carboxylic acid groups (broad SMARTS) is 1. The summed E-state index contributed by atoms with van der Waals surface area (Å²) in [5.74, 6) is -0.455. The Kier molecular flexibility index (Phi) is 4.89. The van der Waals surface area contributed by atoms with E-state index in [1.165, 1.54) is 12.6 Å². The van der Waals surface area contributed by atoms with E-state index in [-0.39, 0.29) is 5.56 Å². The van der Waals surface area contributed by atoms with Gasteiger partial charge in [-0.15, -0.1) is 0 Å². The number of nitrogens with zero attached hydrogens (tertiary/aromatic N) is 3. The summed E-state index contributed by atoms with van der Waals surface area (Å²) < 4.78 is 0. The van der Waals surface area contributed by atoms with Crippen molar-refractivity contribution in [2.45, 2.75) is 39.2 Å². The van der Waals surface area contributed by atoms with Crippen LogP contribution in [0.3, 0.4) is 0 Å². The summed E-state index contributed by atoms with van der Waals surface area (Å²) >= 11 is 0. The molecular formula is C14H22N4O2. The summed E-state index contributed by atoms with van der Waals surface area (Å²) in [7, 11) is 0. The maximum absolute atomic E-state index is 10.9. The number of piperidine rings is 1. The average Bonchev–Trinajstić information content (AvgIpc) is 2.41. The van der Waals surface area contributed by atoms with Crippen LogP contribution in [0, 0.1) is 6.92 Å². The highest BCUT2D eigenvalue weighted by Gasteiger charge is 2.19. The van der Waals surface area contributed by atoms with Crippen molar-refractivity contribution in [2.75, 3.05) is 25.0 Å². The number of carboxylic acids is 1. The van der Waals surface area contributed by atoms with Gasteiger partial charge < -0.3 is 15.3 Å². The second kappa shape index (κ2) is 6.65. The summed E-state index contributed by atoms with van der Waals surface area (Å²) in [5, 5.41) is 12.3. The molecule has 1 fully saturated rings. The molecule has 110 valence electrons. The minimum absolute atomic E-state index is 0.160. The van der Waals surface area contributed by atoms with Crippen LogP contribution in [0.2, 0.25) is 0 Å². The predicted octanol–water partition coefficient (Wildman–Crippen LogP) is 1.77. The van der Waals surface area contributed by atoms with E-state index in [1.54, 1.807) is 6.92 Å². The van der Waals surface area contributed by atoms with Crippen LogP contribution in [0.15, 0.2) is 6.20 Å². The minimum Gasteiger partial charge on any atom is -0.478 e. The van der Waals surface area contributed by atoms with Gasteiger partial charge in [-0.1, -0.05) is 6.92 Å². The van der Waals surface area contributed by atoms with Gasteiger partial charge in [0.25, 0.3) is 0 Å². The fourth-order valence-electron chi connectivity index (χ4n) is 2.55. The van der Waals surface area contributed by atoms with Crippen LogP contribution in [0.4, 0.5) is 5.95 Å². The van der Waals surface area contributed by atoms with Crippen molar-refractivity contribution in [3.63, 3.8) is 0 Å². The van der Waals surface area contributed by atoms with Gasteiger partial charge in [0.15, 0.2) is 0 Å². The quantitative estimate of drug-likeness (QED) is 0.854. The molecule has 0 radical (unpaired) electrons. The Morgan fingerprint density at radius 1 is 1.50 bits per heavy atom. The highest BCUT2D eigenvalue weighted by atomic mass is 16.4. The molecule has 1 aliphatic heterocycles. The van der Waals surface area contributed by atoms with E-state index in [4.69, 9.17) is 5.11 Å². The van der Waals surface area contributed by atoms with Gasteiger partial charge in [-0.25, -0.2) is 14.8 Å². The molecule has 1 saturated heterocycles. The van der Waals surface area contributed by atoms with Crippen molar-refractivity contribution in [3.8, 4) is 0 Å². The van der Waals surface area contributed by atoms with Gasteiger partial charge in [-0.05, 0) is 32.7 Å². The normalized spacial score (nSPS) is 17.1. The lowest BCUT2D eigenvalue weighted by atomic mass is 10.1. The van der Waals surface area contributed by atoms with Crippen LogP contribution in [-0.4, -0.2) is 51.6 Å². The fourth-order valence-corrected chi connectivity index (χ4v) is 2.55. The molecule has 2 rings (SSSR count). The van der Waals surface area contributed by atoms with Crippen LogP contribution in [-0.2, 0) is 0 Å². The molecule has 0 amide bonds. The molecule has 1 aromatic rings. The van der Waals surface area contributed by atoms with Gasteiger partial charge in [0.2, 0.25) is 5.95 Å². The first-order chi connectivity index (χ1) is 9.60. The third-order valence-corrected chi connectivity index (χ3v) is 3.67. The third kappa shape index (κ3) is 3.66. The van der Waals surface area contributed by atoms with Crippen LogP contribution in [0.5, 0.6) is 0 Å². The van der Waals surface area contributed by atoms with Gasteiger partial charge in [0.05, 0.1) is 11.3 Å². The van der Waals surface area contributed by atoms with Crippen molar-refractivity contribution in [3.05, 3.63) is 17.5 Å². The second-order valence-electron chi connectivity index (χ2n) is 5.26. The molecule has 0 saturated carbocycles. The molecule has 6 heteroatoms. The maximum Gasteiger partial charge on any atom is 0.339 e. The van der Waals surface area contributed by atoms with Gasteiger partial charge in [0, 0.05) is 25.3 Å². The molecule has 0 atom stereocenters. The summed E-state index contributed by atoms with van der Waals surface area (Å²) in [4.78, 5) is 21.7. The second-order valence-corrected chi connectivity index (χ2v) is 5.26. The summed E-state index contributed by atoms with van der Waals surface area (Å²) in [6.07, 6.45) is 4.71. The number of hydrogen-bond donors (Lipinski definition) is 2. The number of aryl methyl sites for hydroxylation is 1. The van der Waals surface area contributed by atoms with E-state index in [2.05, 4.69) is 27.1 Å². The Balaban J connectivity index is 1.91. The zero-order valence-corrected chi connectivity index (χ0v) is 12.1. The lowest BCUT2D eigenvalue weighted by Crippen LogP contribution is -2.39. The van der Waals surface area contributed by atoms with Crippen molar-refractivity contribution in [1.82, 2.24) is 14.9 Å². The molecule has 1 aromatic heterocycles. The Labute approximate surface area is 119 Å². The first kappa shape index (κ1) is 14.7. The Bertz CT molecular complexity index is 470. The highest BCUT2D eigenvalue weighted by molar-refractivity contribution is 5.88. The number of hydrogen-bond acceptors (Lipinski definition) is 5. The van der Waals surface area contributed by atoms with Crippen molar-refractivity contribution >= 4 is 11.9 Å². The maximum atomic E-state index is 10.9. The number of nitrogens with one attached hydrogen (secondary N) is 1. The first-order valence-electron chi connectivity index (χ1n) is 7.16. The minimum atomic E-state index is -0.984. The van der Waals surface area contributed by atoms with E-state index in [0.29, 0.717) is 17.7 Å². The number of anilines is 1. The number of likely N-dealkylation sites (tertiary alicyclic amines) is 1. The first-order valence-corrected chi connectivity index (χ1v) is 7.16. The van der Waals surface area contributed by atoms with Crippen molar-refractivity contribution in [1.29, 1.82) is 0 Å².